The van der Waals surface area contributed by atoms with E-state index >= 15 is 0 Å². The first-order chi connectivity index (χ1) is 15.4. The number of hydrogen-bond acceptors (Lipinski definition) is 6. The maximum absolute atomic E-state index is 13.3. The Morgan fingerprint density at radius 1 is 1.15 bits per heavy atom. The van der Waals surface area contributed by atoms with Gasteiger partial charge in [-0.05, 0) is 49.2 Å². The van der Waals surface area contributed by atoms with Crippen LogP contribution in [0.15, 0.2) is 47.5 Å². The fourth-order valence-electron chi connectivity index (χ4n) is 4.02. The summed E-state index contributed by atoms with van der Waals surface area (Å²) in [5, 5.41) is 2.63. The lowest BCUT2D eigenvalue weighted by Gasteiger charge is -2.25. The predicted octanol–water partition coefficient (Wildman–Crippen LogP) is 4.04. The summed E-state index contributed by atoms with van der Waals surface area (Å²) in [6, 6.07) is 10.1. The molecule has 1 fully saturated rings. The van der Waals surface area contributed by atoms with Crippen LogP contribution in [0.3, 0.4) is 0 Å². The van der Waals surface area contributed by atoms with Crippen LogP contribution < -0.4 is 10.2 Å². The first-order valence-corrected chi connectivity index (χ1v) is 12.9. The third-order valence-electron chi connectivity index (χ3n) is 5.36. The molecule has 0 bridgehead atoms. The molecule has 2 aliphatic heterocycles. The molecule has 33 heavy (non-hydrogen) atoms. The monoisotopic (exact) mass is 497 g/mol. The van der Waals surface area contributed by atoms with Gasteiger partial charge in [0, 0.05) is 10.9 Å². The van der Waals surface area contributed by atoms with E-state index in [1.807, 2.05) is 32.0 Å². The molecule has 2 aromatic carbocycles. The molecule has 2 heterocycles. The SMILES string of the molecule is Cc1cc(C)cc(N(CC(=O)Nc2ccccc2C(F)(F)F)C2=N[C@H]3CS(=O)(=O)C[C@@H]3S2)c1. The predicted molar refractivity (Wildman–Crippen MR) is 125 cm³/mol. The molecule has 176 valence electrons. The second-order valence-corrected chi connectivity index (χ2v) is 11.6. The topological polar surface area (TPSA) is 78.8 Å². The number of nitrogens with one attached hydrogen (secondary N) is 1. The standard InChI is InChI=1S/C22H22F3N3O3S2/c1-13-7-14(2)9-15(8-13)28(21-27-18-11-33(30,31)12-19(18)32-21)10-20(29)26-17-6-4-3-5-16(17)22(23,24)25/h3-9,18-19H,10-12H2,1-2H3,(H,26,29)/t18-,19-/m0/s1. The van der Waals surface area contributed by atoms with E-state index in [9.17, 15) is 26.4 Å². The molecule has 0 aromatic heterocycles. The lowest BCUT2D eigenvalue weighted by Crippen LogP contribution is -2.37. The molecule has 0 radical (unpaired) electrons. The number of alkyl halides is 3. The summed E-state index contributed by atoms with van der Waals surface area (Å²) in [4.78, 5) is 19.1. The minimum atomic E-state index is -4.61. The summed E-state index contributed by atoms with van der Waals surface area (Å²) >= 11 is 1.29. The van der Waals surface area contributed by atoms with Crippen molar-refractivity contribution in [3.8, 4) is 0 Å². The van der Waals surface area contributed by atoms with Gasteiger partial charge in [0.05, 0.1) is 28.8 Å². The van der Waals surface area contributed by atoms with E-state index in [4.69, 9.17) is 0 Å². The molecule has 0 spiro atoms. The highest BCUT2D eigenvalue weighted by atomic mass is 32.2. The van der Waals surface area contributed by atoms with Crippen LogP contribution >= 0.6 is 11.8 Å². The largest absolute Gasteiger partial charge is 0.418 e. The summed E-state index contributed by atoms with van der Waals surface area (Å²) in [5.41, 5.74) is 1.32. The van der Waals surface area contributed by atoms with Crippen LogP contribution in [0.5, 0.6) is 0 Å². The van der Waals surface area contributed by atoms with Crippen molar-refractivity contribution >= 4 is 44.0 Å². The Labute approximate surface area is 194 Å². The van der Waals surface area contributed by atoms with Crippen molar-refractivity contribution in [3.63, 3.8) is 0 Å². The van der Waals surface area contributed by atoms with Gasteiger partial charge >= 0.3 is 6.18 Å². The molecule has 6 nitrogen and oxygen atoms in total. The minimum absolute atomic E-state index is 0.0151. The third-order valence-corrected chi connectivity index (χ3v) is 8.61. The van der Waals surface area contributed by atoms with Crippen LogP contribution in [0.1, 0.15) is 16.7 Å². The van der Waals surface area contributed by atoms with Gasteiger partial charge < -0.3 is 10.2 Å². The molecule has 2 aliphatic rings. The van der Waals surface area contributed by atoms with Crippen LogP contribution in [-0.2, 0) is 20.8 Å². The quantitative estimate of drug-likeness (QED) is 0.690. The molecule has 2 aromatic rings. The van der Waals surface area contributed by atoms with Gasteiger partial charge in [-0.25, -0.2) is 8.42 Å². The summed E-state index contributed by atoms with van der Waals surface area (Å²) < 4.78 is 63.8. The lowest BCUT2D eigenvalue weighted by molar-refractivity contribution is -0.137. The van der Waals surface area contributed by atoms with Gasteiger partial charge in [-0.2, -0.15) is 13.2 Å². The molecule has 0 saturated carbocycles. The van der Waals surface area contributed by atoms with E-state index in [0.29, 0.717) is 10.9 Å². The van der Waals surface area contributed by atoms with E-state index in [1.165, 1.54) is 30.0 Å². The lowest BCUT2D eigenvalue weighted by atomic mass is 10.1. The molecule has 4 rings (SSSR count). The van der Waals surface area contributed by atoms with E-state index < -0.39 is 33.5 Å². The Bertz CT molecular complexity index is 1210. The molecular weight excluding hydrogens is 475 g/mol. The Morgan fingerprint density at radius 2 is 1.82 bits per heavy atom. The number of halogens is 3. The number of fused-ring (bicyclic) bond motifs is 1. The van der Waals surface area contributed by atoms with Gasteiger partial charge in [0.25, 0.3) is 0 Å². The fourth-order valence-corrected chi connectivity index (χ4v) is 7.80. The number of para-hydroxylation sites is 1. The molecular formula is C22H22F3N3O3S2. The van der Waals surface area contributed by atoms with Crippen LogP contribution in [0.4, 0.5) is 24.5 Å². The molecule has 2 atom stereocenters. The molecule has 11 heteroatoms. The average molecular weight is 498 g/mol. The number of amidine groups is 1. The average Bonchev–Trinajstić information content (AvgIpc) is 3.18. The maximum atomic E-state index is 13.3. The Hall–Kier alpha value is -2.53. The number of hydrogen-bond donors (Lipinski definition) is 1. The first kappa shape index (κ1) is 23.6. The van der Waals surface area contributed by atoms with E-state index in [0.717, 1.165) is 17.2 Å². The second kappa shape index (κ2) is 8.68. The van der Waals surface area contributed by atoms with E-state index in [2.05, 4.69) is 10.3 Å². The van der Waals surface area contributed by atoms with Crippen molar-refractivity contribution in [2.75, 3.05) is 28.3 Å². The number of aryl methyl sites for hydroxylation is 2. The molecule has 0 aliphatic carbocycles. The highest BCUT2D eigenvalue weighted by molar-refractivity contribution is 8.15. The zero-order chi connectivity index (χ0) is 24.0. The van der Waals surface area contributed by atoms with Crippen LogP contribution in [0.25, 0.3) is 0 Å². The van der Waals surface area contributed by atoms with Crippen LogP contribution in [0, 0.1) is 13.8 Å². The summed E-state index contributed by atoms with van der Waals surface area (Å²) in [7, 11) is -3.15. The summed E-state index contributed by atoms with van der Waals surface area (Å²) in [6.07, 6.45) is -4.61. The van der Waals surface area contributed by atoms with Crippen molar-refractivity contribution in [2.24, 2.45) is 4.99 Å². The fraction of sp³-hybridized carbons (Fsp3) is 0.364. The Kier molecular flexibility index (Phi) is 6.21. The minimum Gasteiger partial charge on any atom is -0.324 e. The van der Waals surface area contributed by atoms with Gasteiger partial charge in [0.15, 0.2) is 15.0 Å². The highest BCUT2D eigenvalue weighted by Gasteiger charge is 2.44. The number of sulfone groups is 1. The van der Waals surface area contributed by atoms with E-state index in [1.54, 1.807) is 4.90 Å². The first-order valence-electron chi connectivity index (χ1n) is 10.2. The normalized spacial score (nSPS) is 21.4. The summed E-state index contributed by atoms with van der Waals surface area (Å²) in [5.74, 6) is -0.667. The molecule has 0 unspecified atom stereocenters. The van der Waals surface area contributed by atoms with Crippen molar-refractivity contribution in [2.45, 2.75) is 31.3 Å². The number of anilines is 2. The highest BCUT2D eigenvalue weighted by Crippen LogP contribution is 2.38. The number of amides is 1. The van der Waals surface area contributed by atoms with Gasteiger partial charge in [-0.15, -0.1) is 0 Å². The number of carbonyl (C=O) groups excluding carboxylic acids is 1. The van der Waals surface area contributed by atoms with Gasteiger partial charge in [-0.3, -0.25) is 9.79 Å². The van der Waals surface area contributed by atoms with Crippen molar-refractivity contribution < 1.29 is 26.4 Å². The van der Waals surface area contributed by atoms with Crippen molar-refractivity contribution in [3.05, 3.63) is 59.2 Å². The number of aliphatic imine (C=N–C) groups is 1. The van der Waals surface area contributed by atoms with Crippen LogP contribution in [0.2, 0.25) is 0 Å². The van der Waals surface area contributed by atoms with E-state index in [-0.39, 0.29) is 29.0 Å². The Balaban J connectivity index is 1.62. The summed E-state index contributed by atoms with van der Waals surface area (Å²) in [6.45, 7) is 3.53. The molecule has 1 amide bonds. The number of carbonyl (C=O) groups is 1. The zero-order valence-corrected chi connectivity index (χ0v) is 19.5. The molecule has 1 saturated heterocycles. The van der Waals surface area contributed by atoms with Crippen molar-refractivity contribution in [1.82, 2.24) is 0 Å². The smallest absolute Gasteiger partial charge is 0.324 e. The number of benzene rings is 2. The van der Waals surface area contributed by atoms with Gasteiger partial charge in [-0.1, -0.05) is 30.0 Å². The third kappa shape index (κ3) is 5.35. The maximum Gasteiger partial charge on any atom is 0.418 e. The number of thioether (sulfide) groups is 1. The van der Waals surface area contributed by atoms with Gasteiger partial charge in [0.2, 0.25) is 5.91 Å². The van der Waals surface area contributed by atoms with Crippen molar-refractivity contribution in [1.29, 1.82) is 0 Å². The van der Waals surface area contributed by atoms with Crippen LogP contribution in [-0.4, -0.2) is 48.8 Å². The molecule has 1 N–H and O–H groups in total. The zero-order valence-electron chi connectivity index (χ0n) is 17.9. The Morgan fingerprint density at radius 3 is 2.45 bits per heavy atom. The number of rotatable bonds is 4. The number of nitrogens with zero attached hydrogens (tertiary/aromatic N) is 2. The van der Waals surface area contributed by atoms with Gasteiger partial charge in [0.1, 0.15) is 6.54 Å². The second-order valence-electron chi connectivity index (χ2n) is 8.24.